The number of ether oxygens (including phenoxy) is 3. The maximum atomic E-state index is 12.4. The zero-order chi connectivity index (χ0) is 21.7. The fourth-order valence-corrected chi connectivity index (χ4v) is 2.53. The molecule has 0 N–H and O–H groups in total. The van der Waals surface area contributed by atoms with Crippen LogP contribution in [0.15, 0.2) is 46.9 Å². The second-order valence-corrected chi connectivity index (χ2v) is 5.96. The summed E-state index contributed by atoms with van der Waals surface area (Å²) in [7, 11) is 1.29. The van der Waals surface area contributed by atoms with E-state index in [1.54, 1.807) is 24.3 Å². The highest BCUT2D eigenvalue weighted by molar-refractivity contribution is 5.62. The lowest BCUT2D eigenvalue weighted by Gasteiger charge is -2.10. The van der Waals surface area contributed by atoms with Gasteiger partial charge in [0.1, 0.15) is 6.61 Å². The summed E-state index contributed by atoms with van der Waals surface area (Å²) < 4.78 is 81.1. The van der Waals surface area contributed by atoms with E-state index in [0.717, 1.165) is 0 Å². The van der Waals surface area contributed by atoms with E-state index in [4.69, 9.17) is 9.15 Å². The van der Waals surface area contributed by atoms with Crippen LogP contribution in [0.5, 0.6) is 11.5 Å². The average Bonchev–Trinajstić information content (AvgIpc) is 3.17. The molecule has 3 rings (SSSR count). The van der Waals surface area contributed by atoms with E-state index in [0.29, 0.717) is 16.7 Å². The molecular weight excluding hydrogens is 415 g/mol. The molecule has 0 radical (unpaired) electrons. The van der Waals surface area contributed by atoms with Crippen LogP contribution in [0.25, 0.3) is 22.9 Å². The van der Waals surface area contributed by atoms with Crippen molar-refractivity contribution in [3.05, 3.63) is 48.0 Å². The van der Waals surface area contributed by atoms with Gasteiger partial charge in [0.2, 0.25) is 11.8 Å². The molecule has 1 heterocycles. The summed E-state index contributed by atoms with van der Waals surface area (Å²) >= 11 is 0. The summed E-state index contributed by atoms with van der Waals surface area (Å²) in [5, 5.41) is 7.83. The van der Waals surface area contributed by atoms with E-state index in [1.807, 2.05) is 0 Å². The number of methoxy groups -OCH3 is 1. The van der Waals surface area contributed by atoms with Gasteiger partial charge in [-0.05, 0) is 35.9 Å². The highest BCUT2D eigenvalue weighted by atomic mass is 19.4. The standard InChI is InChI=1S/C19H15F5N2O4/c1-27-15-8-13(5-6-14(15)29-18(20)21)17-26-25-16(30-17)12-4-2-3-11(7-12)9-28-10-19(22,23)24/h2-8,18H,9-10H2,1H3. The molecule has 0 aliphatic heterocycles. The van der Waals surface area contributed by atoms with Crippen LogP contribution in [-0.4, -0.2) is 36.7 Å². The highest BCUT2D eigenvalue weighted by Gasteiger charge is 2.27. The van der Waals surface area contributed by atoms with Crippen LogP contribution in [0.3, 0.4) is 0 Å². The Kier molecular flexibility index (Phi) is 6.50. The van der Waals surface area contributed by atoms with Crippen molar-refractivity contribution in [1.29, 1.82) is 0 Å². The molecule has 0 fully saturated rings. The first kappa shape index (κ1) is 21.5. The van der Waals surface area contributed by atoms with Gasteiger partial charge in [-0.15, -0.1) is 10.2 Å². The largest absolute Gasteiger partial charge is 0.493 e. The molecule has 0 amide bonds. The molecule has 0 bridgehead atoms. The lowest BCUT2D eigenvalue weighted by molar-refractivity contribution is -0.176. The van der Waals surface area contributed by atoms with Gasteiger partial charge in [-0.25, -0.2) is 0 Å². The quantitative estimate of drug-likeness (QED) is 0.464. The molecule has 6 nitrogen and oxygen atoms in total. The van der Waals surface area contributed by atoms with Crippen molar-refractivity contribution in [1.82, 2.24) is 10.2 Å². The number of hydrogen-bond acceptors (Lipinski definition) is 6. The van der Waals surface area contributed by atoms with Gasteiger partial charge < -0.3 is 18.6 Å². The number of alkyl halides is 5. The molecule has 2 aromatic carbocycles. The second-order valence-electron chi connectivity index (χ2n) is 5.96. The van der Waals surface area contributed by atoms with Crippen LogP contribution >= 0.6 is 0 Å². The fraction of sp³-hybridized carbons (Fsp3) is 0.263. The number of nitrogens with zero attached hydrogens (tertiary/aromatic N) is 2. The van der Waals surface area contributed by atoms with E-state index < -0.39 is 19.4 Å². The van der Waals surface area contributed by atoms with Crippen molar-refractivity contribution < 1.29 is 40.6 Å². The number of rotatable bonds is 8. The van der Waals surface area contributed by atoms with Crippen molar-refractivity contribution >= 4 is 0 Å². The molecule has 0 aliphatic carbocycles. The zero-order valence-corrected chi connectivity index (χ0v) is 15.5. The van der Waals surface area contributed by atoms with Crippen LogP contribution < -0.4 is 9.47 Å². The van der Waals surface area contributed by atoms with E-state index in [2.05, 4.69) is 19.7 Å². The topological polar surface area (TPSA) is 66.6 Å². The molecule has 0 atom stereocenters. The van der Waals surface area contributed by atoms with Gasteiger partial charge in [0.15, 0.2) is 11.5 Å². The fourth-order valence-electron chi connectivity index (χ4n) is 2.53. The summed E-state index contributed by atoms with van der Waals surface area (Å²) in [6.07, 6.45) is -4.41. The molecule has 0 aliphatic rings. The first-order valence-corrected chi connectivity index (χ1v) is 8.45. The van der Waals surface area contributed by atoms with E-state index in [1.165, 1.54) is 25.3 Å². The van der Waals surface area contributed by atoms with E-state index in [-0.39, 0.29) is 29.9 Å². The van der Waals surface area contributed by atoms with Crippen molar-refractivity contribution in [2.24, 2.45) is 0 Å². The van der Waals surface area contributed by atoms with Crippen LogP contribution in [-0.2, 0) is 11.3 Å². The summed E-state index contributed by atoms with van der Waals surface area (Å²) in [5.74, 6) is 0.110. The molecule has 0 saturated carbocycles. The second kappa shape index (κ2) is 9.08. The molecule has 30 heavy (non-hydrogen) atoms. The average molecular weight is 430 g/mol. The first-order valence-electron chi connectivity index (χ1n) is 8.45. The monoisotopic (exact) mass is 430 g/mol. The summed E-state index contributed by atoms with van der Waals surface area (Å²) in [6.45, 7) is -4.60. The molecule has 0 saturated heterocycles. The molecule has 1 aromatic heterocycles. The van der Waals surface area contributed by atoms with Crippen LogP contribution in [0.4, 0.5) is 22.0 Å². The normalized spacial score (nSPS) is 11.7. The molecule has 3 aromatic rings. The third-order valence-corrected chi connectivity index (χ3v) is 3.76. The Bertz CT molecular complexity index is 991. The van der Waals surface area contributed by atoms with E-state index >= 15 is 0 Å². The summed E-state index contributed by atoms with van der Waals surface area (Å²) in [5.41, 5.74) is 1.37. The Morgan fingerprint density at radius 2 is 1.67 bits per heavy atom. The Balaban J connectivity index is 1.77. The van der Waals surface area contributed by atoms with Gasteiger partial charge in [-0.3, -0.25) is 0 Å². The summed E-state index contributed by atoms with van der Waals surface area (Å²) in [6, 6.07) is 10.5. The maximum Gasteiger partial charge on any atom is 0.411 e. The van der Waals surface area contributed by atoms with Crippen LogP contribution in [0.2, 0.25) is 0 Å². The van der Waals surface area contributed by atoms with Crippen molar-refractivity contribution in [2.45, 2.75) is 19.4 Å². The lowest BCUT2D eigenvalue weighted by Crippen LogP contribution is -2.16. The summed E-state index contributed by atoms with van der Waals surface area (Å²) in [4.78, 5) is 0. The molecule has 0 unspecified atom stereocenters. The predicted octanol–water partition coefficient (Wildman–Crippen LogP) is 5.09. The molecular formula is C19H15F5N2O4. The Morgan fingerprint density at radius 3 is 2.30 bits per heavy atom. The Morgan fingerprint density at radius 1 is 0.967 bits per heavy atom. The zero-order valence-electron chi connectivity index (χ0n) is 15.5. The SMILES string of the molecule is COc1cc(-c2nnc(-c3cccc(COCC(F)(F)F)c3)o2)ccc1OC(F)F. The number of hydrogen-bond donors (Lipinski definition) is 0. The minimum Gasteiger partial charge on any atom is -0.493 e. The van der Waals surface area contributed by atoms with Crippen molar-refractivity contribution in [3.63, 3.8) is 0 Å². The number of benzene rings is 2. The van der Waals surface area contributed by atoms with Gasteiger partial charge in [0.05, 0.1) is 13.7 Å². The van der Waals surface area contributed by atoms with Gasteiger partial charge in [-0.2, -0.15) is 22.0 Å². The minimum absolute atomic E-state index is 0.0522. The molecule has 11 heteroatoms. The first-order chi connectivity index (χ1) is 14.2. The molecule has 0 spiro atoms. The van der Waals surface area contributed by atoms with E-state index in [9.17, 15) is 22.0 Å². The van der Waals surface area contributed by atoms with Gasteiger partial charge >= 0.3 is 12.8 Å². The highest BCUT2D eigenvalue weighted by Crippen LogP contribution is 2.34. The third kappa shape index (κ3) is 5.66. The van der Waals surface area contributed by atoms with Gasteiger partial charge in [0.25, 0.3) is 0 Å². The van der Waals surface area contributed by atoms with Crippen LogP contribution in [0.1, 0.15) is 5.56 Å². The molecule has 160 valence electrons. The van der Waals surface area contributed by atoms with Gasteiger partial charge in [0, 0.05) is 11.1 Å². The lowest BCUT2D eigenvalue weighted by atomic mass is 10.1. The van der Waals surface area contributed by atoms with Crippen molar-refractivity contribution in [2.75, 3.05) is 13.7 Å². The number of aromatic nitrogens is 2. The third-order valence-electron chi connectivity index (χ3n) is 3.76. The Hall–Kier alpha value is -3.21. The van der Waals surface area contributed by atoms with Crippen molar-refractivity contribution in [3.8, 4) is 34.4 Å². The minimum atomic E-state index is -4.41. The maximum absolute atomic E-state index is 12.4. The number of halogens is 5. The van der Waals surface area contributed by atoms with Gasteiger partial charge in [-0.1, -0.05) is 12.1 Å². The smallest absolute Gasteiger partial charge is 0.411 e. The Labute approximate surface area is 167 Å². The predicted molar refractivity (Wildman–Crippen MR) is 94.1 cm³/mol. The van der Waals surface area contributed by atoms with Crippen LogP contribution in [0, 0.1) is 0 Å².